The van der Waals surface area contributed by atoms with Crippen LogP contribution in [-0.2, 0) is 11.3 Å². The zero-order valence-electron chi connectivity index (χ0n) is 16.7. The van der Waals surface area contributed by atoms with Gasteiger partial charge < -0.3 is 15.0 Å². The van der Waals surface area contributed by atoms with Crippen molar-refractivity contribution in [2.45, 2.75) is 26.5 Å². The van der Waals surface area contributed by atoms with E-state index in [2.05, 4.69) is 5.32 Å². The third-order valence-corrected chi connectivity index (χ3v) is 5.28. The van der Waals surface area contributed by atoms with E-state index in [1.807, 2.05) is 43.3 Å². The molecular weight excluding hydrogens is 400 g/mol. The number of carbonyl (C=O) groups is 2. The second kappa shape index (κ2) is 8.20. The summed E-state index contributed by atoms with van der Waals surface area (Å²) in [6, 6.07) is 20.1. The number of hydrogen-bond donors (Lipinski definition) is 1. The summed E-state index contributed by atoms with van der Waals surface area (Å²) in [5.41, 5.74) is 3.60. The average molecular weight is 421 g/mol. The fourth-order valence-corrected chi connectivity index (χ4v) is 3.70. The Morgan fingerprint density at radius 3 is 2.67 bits per heavy atom. The SMILES string of the molecule is Cc1ccccc1C(=O)Nc1ccc2c(c1)N(Cc1cccc(Cl)c1)C(=O)C(C)O2. The number of nitrogens with zero attached hydrogens (tertiary/aromatic N) is 1. The number of benzene rings is 3. The number of halogens is 1. The Balaban J connectivity index is 1.65. The lowest BCUT2D eigenvalue weighted by molar-refractivity contribution is -0.125. The number of rotatable bonds is 4. The van der Waals surface area contributed by atoms with E-state index in [1.54, 1.807) is 42.2 Å². The van der Waals surface area contributed by atoms with Gasteiger partial charge in [-0.1, -0.05) is 41.9 Å². The number of fused-ring (bicyclic) bond motifs is 1. The molecule has 6 heteroatoms. The number of hydrogen-bond acceptors (Lipinski definition) is 3. The minimum atomic E-state index is -0.593. The van der Waals surface area contributed by atoms with Crippen molar-refractivity contribution in [3.8, 4) is 5.75 Å². The Morgan fingerprint density at radius 1 is 1.10 bits per heavy atom. The maximum atomic E-state index is 12.9. The Labute approximate surface area is 180 Å². The van der Waals surface area contributed by atoms with Gasteiger partial charge >= 0.3 is 0 Å². The molecule has 1 aliphatic rings. The molecule has 1 heterocycles. The molecule has 0 saturated carbocycles. The second-order valence-corrected chi connectivity index (χ2v) is 7.70. The van der Waals surface area contributed by atoms with Crippen molar-refractivity contribution in [1.29, 1.82) is 0 Å². The average Bonchev–Trinajstić information content (AvgIpc) is 2.72. The van der Waals surface area contributed by atoms with Crippen molar-refractivity contribution in [3.63, 3.8) is 0 Å². The zero-order valence-corrected chi connectivity index (χ0v) is 17.4. The third kappa shape index (κ3) is 4.02. The molecule has 0 fully saturated rings. The van der Waals surface area contributed by atoms with E-state index >= 15 is 0 Å². The fraction of sp³-hybridized carbons (Fsp3) is 0.167. The predicted octanol–water partition coefficient (Wildman–Crippen LogP) is 5.21. The Bertz CT molecular complexity index is 1130. The van der Waals surface area contributed by atoms with Crippen LogP contribution in [-0.4, -0.2) is 17.9 Å². The number of aryl methyl sites for hydroxylation is 1. The highest BCUT2D eigenvalue weighted by atomic mass is 35.5. The highest BCUT2D eigenvalue weighted by molar-refractivity contribution is 6.30. The van der Waals surface area contributed by atoms with Crippen LogP contribution in [0.4, 0.5) is 11.4 Å². The molecule has 0 saturated heterocycles. The summed E-state index contributed by atoms with van der Waals surface area (Å²) in [7, 11) is 0. The summed E-state index contributed by atoms with van der Waals surface area (Å²) in [5, 5.41) is 3.53. The van der Waals surface area contributed by atoms with E-state index in [4.69, 9.17) is 16.3 Å². The molecule has 3 aromatic carbocycles. The Hall–Kier alpha value is -3.31. The smallest absolute Gasteiger partial charge is 0.268 e. The van der Waals surface area contributed by atoms with Gasteiger partial charge in [-0.15, -0.1) is 0 Å². The second-order valence-electron chi connectivity index (χ2n) is 7.27. The van der Waals surface area contributed by atoms with Gasteiger partial charge in [-0.25, -0.2) is 0 Å². The van der Waals surface area contributed by atoms with Gasteiger partial charge in [0.05, 0.1) is 12.2 Å². The Morgan fingerprint density at radius 2 is 1.90 bits per heavy atom. The van der Waals surface area contributed by atoms with E-state index in [0.29, 0.717) is 34.3 Å². The van der Waals surface area contributed by atoms with Gasteiger partial charge in [0.25, 0.3) is 11.8 Å². The van der Waals surface area contributed by atoms with Gasteiger partial charge in [0.15, 0.2) is 6.10 Å². The van der Waals surface area contributed by atoms with Crippen LogP contribution in [0, 0.1) is 6.92 Å². The lowest BCUT2D eigenvalue weighted by Crippen LogP contribution is -2.44. The fourth-order valence-electron chi connectivity index (χ4n) is 3.49. The highest BCUT2D eigenvalue weighted by Crippen LogP contribution is 2.37. The van der Waals surface area contributed by atoms with E-state index < -0.39 is 6.10 Å². The van der Waals surface area contributed by atoms with Gasteiger partial charge in [0.1, 0.15) is 5.75 Å². The van der Waals surface area contributed by atoms with Crippen LogP contribution in [0.3, 0.4) is 0 Å². The molecule has 1 atom stereocenters. The van der Waals surface area contributed by atoms with Crippen LogP contribution in [0.25, 0.3) is 0 Å². The number of amides is 2. The van der Waals surface area contributed by atoms with Crippen molar-refractivity contribution in [2.24, 2.45) is 0 Å². The first-order chi connectivity index (χ1) is 14.4. The molecular formula is C24H21ClN2O3. The largest absolute Gasteiger partial charge is 0.479 e. The lowest BCUT2D eigenvalue weighted by Gasteiger charge is -2.33. The number of carbonyl (C=O) groups excluding carboxylic acids is 2. The molecule has 1 aliphatic heterocycles. The molecule has 4 rings (SSSR count). The predicted molar refractivity (Wildman–Crippen MR) is 118 cm³/mol. The molecule has 3 aromatic rings. The molecule has 0 aromatic heterocycles. The van der Waals surface area contributed by atoms with Crippen molar-refractivity contribution in [1.82, 2.24) is 0 Å². The molecule has 5 nitrogen and oxygen atoms in total. The van der Waals surface area contributed by atoms with E-state index in [-0.39, 0.29) is 11.8 Å². The molecule has 30 heavy (non-hydrogen) atoms. The molecule has 0 aliphatic carbocycles. The number of nitrogens with one attached hydrogen (secondary N) is 1. The minimum Gasteiger partial charge on any atom is -0.479 e. The monoisotopic (exact) mass is 420 g/mol. The van der Waals surface area contributed by atoms with Crippen LogP contribution < -0.4 is 15.0 Å². The topological polar surface area (TPSA) is 58.6 Å². The maximum Gasteiger partial charge on any atom is 0.268 e. The molecule has 0 bridgehead atoms. The molecule has 0 radical (unpaired) electrons. The van der Waals surface area contributed by atoms with Gasteiger partial charge in [0.2, 0.25) is 0 Å². The molecule has 1 unspecified atom stereocenters. The summed E-state index contributed by atoms with van der Waals surface area (Å²) in [6.45, 7) is 3.97. The van der Waals surface area contributed by atoms with Gasteiger partial charge in [-0.05, 0) is 61.4 Å². The molecule has 1 N–H and O–H groups in total. The molecule has 0 spiro atoms. The summed E-state index contributed by atoms with van der Waals surface area (Å²) in [6.07, 6.45) is -0.593. The summed E-state index contributed by atoms with van der Waals surface area (Å²) < 4.78 is 5.77. The summed E-state index contributed by atoms with van der Waals surface area (Å²) in [4.78, 5) is 27.2. The zero-order chi connectivity index (χ0) is 21.3. The molecule has 152 valence electrons. The van der Waals surface area contributed by atoms with Crippen molar-refractivity contribution in [3.05, 3.63) is 88.4 Å². The maximum absolute atomic E-state index is 12.9. The minimum absolute atomic E-state index is 0.148. The first kappa shape index (κ1) is 20.0. The van der Waals surface area contributed by atoms with Crippen LogP contribution in [0.5, 0.6) is 5.75 Å². The summed E-state index contributed by atoms with van der Waals surface area (Å²) >= 11 is 6.11. The number of ether oxygens (including phenoxy) is 1. The lowest BCUT2D eigenvalue weighted by atomic mass is 10.1. The van der Waals surface area contributed by atoms with Crippen molar-refractivity contribution < 1.29 is 14.3 Å². The van der Waals surface area contributed by atoms with Crippen LogP contribution in [0.1, 0.15) is 28.4 Å². The van der Waals surface area contributed by atoms with Crippen LogP contribution in [0.15, 0.2) is 66.7 Å². The highest BCUT2D eigenvalue weighted by Gasteiger charge is 2.32. The van der Waals surface area contributed by atoms with Gasteiger partial charge in [-0.2, -0.15) is 0 Å². The normalized spacial score (nSPS) is 15.4. The molecule has 2 amide bonds. The first-order valence-electron chi connectivity index (χ1n) is 9.66. The van der Waals surface area contributed by atoms with Crippen LogP contribution in [0.2, 0.25) is 5.02 Å². The van der Waals surface area contributed by atoms with E-state index in [1.165, 1.54) is 0 Å². The van der Waals surface area contributed by atoms with Crippen molar-refractivity contribution in [2.75, 3.05) is 10.2 Å². The van der Waals surface area contributed by atoms with E-state index in [0.717, 1.165) is 11.1 Å². The van der Waals surface area contributed by atoms with Crippen molar-refractivity contribution >= 4 is 34.8 Å². The first-order valence-corrected chi connectivity index (χ1v) is 10.0. The van der Waals surface area contributed by atoms with Gasteiger partial charge in [-0.3, -0.25) is 9.59 Å². The quantitative estimate of drug-likeness (QED) is 0.629. The number of anilines is 2. The Kier molecular flexibility index (Phi) is 5.46. The van der Waals surface area contributed by atoms with E-state index in [9.17, 15) is 9.59 Å². The van der Waals surface area contributed by atoms with Gasteiger partial charge in [0, 0.05) is 16.3 Å². The third-order valence-electron chi connectivity index (χ3n) is 5.04. The van der Waals surface area contributed by atoms with Crippen LogP contribution >= 0.6 is 11.6 Å². The summed E-state index contributed by atoms with van der Waals surface area (Å²) in [5.74, 6) is 0.244. The standard InChI is InChI=1S/C24H21ClN2O3/c1-15-6-3-4-9-20(15)23(28)26-19-10-11-22-21(13-19)27(24(29)16(2)30-22)14-17-7-5-8-18(25)12-17/h3-13,16H,14H2,1-2H3,(H,26,28).